The highest BCUT2D eigenvalue weighted by Crippen LogP contribution is 2.33. The lowest BCUT2D eigenvalue weighted by Crippen LogP contribution is -2.13. The molecule has 0 radical (unpaired) electrons. The summed E-state index contributed by atoms with van der Waals surface area (Å²) in [6, 6.07) is 20.0. The molecule has 5 aromatic rings. The Morgan fingerprint density at radius 2 is 1.82 bits per heavy atom. The van der Waals surface area contributed by atoms with Gasteiger partial charge in [0.25, 0.3) is 5.92 Å². The van der Waals surface area contributed by atoms with Crippen molar-refractivity contribution >= 4 is 22.7 Å². The summed E-state index contributed by atoms with van der Waals surface area (Å²) in [7, 11) is 1.61. The molecule has 0 fully saturated rings. The first-order valence-electron chi connectivity index (χ1n) is 10.8. The van der Waals surface area contributed by atoms with E-state index in [0.29, 0.717) is 11.5 Å². The number of anilines is 2. The van der Waals surface area contributed by atoms with E-state index < -0.39 is 5.92 Å². The van der Waals surface area contributed by atoms with E-state index in [1.807, 2.05) is 53.2 Å². The lowest BCUT2D eigenvalue weighted by Gasteiger charge is -2.18. The van der Waals surface area contributed by atoms with Gasteiger partial charge in [-0.2, -0.15) is 5.10 Å². The number of rotatable bonds is 7. The summed E-state index contributed by atoms with van der Waals surface area (Å²) in [5, 5.41) is 10.2. The van der Waals surface area contributed by atoms with Gasteiger partial charge in [-0.1, -0.05) is 30.3 Å². The molecule has 3 aromatic carbocycles. The van der Waals surface area contributed by atoms with Crippen LogP contribution in [0.4, 0.5) is 20.4 Å². The molecular formula is C26H23F2N5O. The van der Waals surface area contributed by atoms with Gasteiger partial charge in [-0.05, 0) is 47.5 Å². The molecule has 0 aliphatic heterocycles. The third-order valence-electron chi connectivity index (χ3n) is 5.74. The number of hydrogen-bond donors (Lipinski definition) is 2. The van der Waals surface area contributed by atoms with Crippen molar-refractivity contribution in [3.05, 3.63) is 90.3 Å². The van der Waals surface area contributed by atoms with Gasteiger partial charge in [-0.3, -0.25) is 5.10 Å². The molecule has 0 atom stereocenters. The molecule has 5 rings (SSSR count). The van der Waals surface area contributed by atoms with Crippen molar-refractivity contribution < 1.29 is 13.5 Å². The molecule has 0 spiro atoms. The second-order valence-corrected chi connectivity index (χ2v) is 8.11. The van der Waals surface area contributed by atoms with Crippen LogP contribution >= 0.6 is 0 Å². The van der Waals surface area contributed by atoms with Gasteiger partial charge in [-0.25, -0.2) is 13.8 Å². The number of aromatic amines is 1. The van der Waals surface area contributed by atoms with E-state index >= 15 is 0 Å². The number of nitrogens with one attached hydrogen (secondary N) is 2. The van der Waals surface area contributed by atoms with E-state index in [4.69, 9.17) is 9.72 Å². The fourth-order valence-corrected chi connectivity index (χ4v) is 4.03. The average Bonchev–Trinajstić information content (AvgIpc) is 3.48. The van der Waals surface area contributed by atoms with Crippen molar-refractivity contribution in [2.24, 2.45) is 0 Å². The molecule has 2 N–H and O–H groups in total. The van der Waals surface area contributed by atoms with Crippen LogP contribution in [-0.2, 0) is 12.5 Å². The molecule has 0 unspecified atom stereocenters. The van der Waals surface area contributed by atoms with Gasteiger partial charge in [0.2, 0.25) is 5.95 Å². The third-order valence-corrected chi connectivity index (χ3v) is 5.74. The first-order chi connectivity index (χ1) is 16.4. The number of benzene rings is 3. The van der Waals surface area contributed by atoms with Crippen molar-refractivity contribution in [3.8, 4) is 16.9 Å². The van der Waals surface area contributed by atoms with Crippen molar-refractivity contribution in [3.63, 3.8) is 0 Å². The van der Waals surface area contributed by atoms with Crippen LogP contribution in [0.1, 0.15) is 18.1 Å². The lowest BCUT2D eigenvalue weighted by atomic mass is 10.0. The second kappa shape index (κ2) is 8.62. The van der Waals surface area contributed by atoms with E-state index in [-0.39, 0.29) is 12.1 Å². The highest BCUT2D eigenvalue weighted by atomic mass is 19.3. The van der Waals surface area contributed by atoms with Crippen LogP contribution in [0.2, 0.25) is 0 Å². The van der Waals surface area contributed by atoms with Crippen molar-refractivity contribution in [1.29, 1.82) is 0 Å². The summed E-state index contributed by atoms with van der Waals surface area (Å²) in [4.78, 5) is 4.81. The Morgan fingerprint density at radius 1 is 1.03 bits per heavy atom. The number of ether oxygens (including phenoxy) is 1. The highest BCUT2D eigenvalue weighted by Gasteiger charge is 2.27. The van der Waals surface area contributed by atoms with E-state index in [1.54, 1.807) is 31.5 Å². The minimum atomic E-state index is -2.95. The molecular weight excluding hydrogens is 436 g/mol. The molecule has 0 bridgehead atoms. The van der Waals surface area contributed by atoms with Crippen molar-refractivity contribution in [1.82, 2.24) is 19.7 Å². The van der Waals surface area contributed by atoms with Gasteiger partial charge in [0.05, 0.1) is 30.9 Å². The molecule has 0 aliphatic carbocycles. The van der Waals surface area contributed by atoms with Crippen LogP contribution in [0.15, 0.2) is 79.1 Å². The van der Waals surface area contributed by atoms with Gasteiger partial charge in [0.1, 0.15) is 5.75 Å². The molecule has 0 saturated carbocycles. The molecule has 6 nitrogen and oxygen atoms in total. The molecule has 34 heavy (non-hydrogen) atoms. The molecule has 8 heteroatoms. The Labute approximate surface area is 195 Å². The Morgan fingerprint density at radius 3 is 2.53 bits per heavy atom. The van der Waals surface area contributed by atoms with E-state index in [0.717, 1.165) is 40.5 Å². The zero-order chi connectivity index (χ0) is 23.7. The first kappa shape index (κ1) is 21.6. The van der Waals surface area contributed by atoms with E-state index in [9.17, 15) is 8.78 Å². The minimum Gasteiger partial charge on any atom is -0.497 e. The fraction of sp³-hybridized carbons (Fsp3) is 0.154. The topological polar surface area (TPSA) is 67.8 Å². The summed E-state index contributed by atoms with van der Waals surface area (Å²) in [5.74, 6) is -1.66. The van der Waals surface area contributed by atoms with Crippen molar-refractivity contribution in [2.75, 3.05) is 12.4 Å². The molecule has 0 saturated heterocycles. The lowest BCUT2D eigenvalue weighted by molar-refractivity contribution is 0.0165. The third kappa shape index (κ3) is 4.22. The molecule has 2 aromatic heterocycles. The summed E-state index contributed by atoms with van der Waals surface area (Å²) in [6.45, 7) is 1.16. The summed E-state index contributed by atoms with van der Waals surface area (Å²) in [5.41, 5.74) is 4.82. The van der Waals surface area contributed by atoms with Crippen LogP contribution in [0.25, 0.3) is 22.2 Å². The SMILES string of the molecule is COc1ccc(Nc2nc3cc(-c4cn[nH]c4)ccc3n2Cc2ccccc2C(C)(F)F)cc1. The monoisotopic (exact) mass is 459 g/mol. The van der Waals surface area contributed by atoms with Gasteiger partial charge in [-0.15, -0.1) is 0 Å². The second-order valence-electron chi connectivity index (χ2n) is 8.11. The van der Waals surface area contributed by atoms with Crippen LogP contribution in [-0.4, -0.2) is 26.9 Å². The number of fused-ring (bicyclic) bond motifs is 1. The van der Waals surface area contributed by atoms with Crippen molar-refractivity contribution in [2.45, 2.75) is 19.4 Å². The number of alkyl halides is 2. The zero-order valence-corrected chi connectivity index (χ0v) is 18.7. The largest absolute Gasteiger partial charge is 0.497 e. The van der Waals surface area contributed by atoms with Crippen LogP contribution in [0.5, 0.6) is 5.75 Å². The predicted octanol–water partition coefficient (Wildman–Crippen LogP) is 6.34. The Hall–Kier alpha value is -4.20. The van der Waals surface area contributed by atoms with Gasteiger partial charge in [0, 0.05) is 29.9 Å². The smallest absolute Gasteiger partial charge is 0.270 e. The number of H-pyrrole nitrogens is 1. The fourth-order valence-electron chi connectivity index (χ4n) is 4.03. The maximum absolute atomic E-state index is 14.3. The molecule has 0 aliphatic rings. The number of nitrogens with zero attached hydrogens (tertiary/aromatic N) is 3. The predicted molar refractivity (Wildman–Crippen MR) is 129 cm³/mol. The van der Waals surface area contributed by atoms with Gasteiger partial charge >= 0.3 is 0 Å². The van der Waals surface area contributed by atoms with E-state index in [1.165, 1.54) is 6.07 Å². The van der Waals surface area contributed by atoms with E-state index in [2.05, 4.69) is 15.5 Å². The normalized spacial score (nSPS) is 11.6. The number of aromatic nitrogens is 4. The summed E-state index contributed by atoms with van der Waals surface area (Å²) < 4.78 is 35.8. The highest BCUT2D eigenvalue weighted by molar-refractivity contribution is 5.85. The minimum absolute atomic E-state index is 0.00210. The summed E-state index contributed by atoms with van der Waals surface area (Å²) >= 11 is 0. The first-order valence-corrected chi connectivity index (χ1v) is 10.8. The van der Waals surface area contributed by atoms with Crippen LogP contribution in [0, 0.1) is 0 Å². The molecule has 172 valence electrons. The maximum atomic E-state index is 14.3. The number of hydrogen-bond acceptors (Lipinski definition) is 4. The number of imidazole rings is 1. The number of methoxy groups -OCH3 is 1. The Balaban J connectivity index is 1.61. The Bertz CT molecular complexity index is 1420. The average molecular weight is 460 g/mol. The van der Waals surface area contributed by atoms with Gasteiger partial charge < -0.3 is 14.6 Å². The molecule has 2 heterocycles. The molecule has 0 amide bonds. The standard InChI is InChI=1S/C26H23F2N5O/c1-26(27,28)22-6-4-3-5-18(22)16-33-24-12-7-17(19-14-29-30-15-19)13-23(24)32-25(33)31-20-8-10-21(34-2)11-9-20/h3-15H,16H2,1-2H3,(H,29,30)(H,31,32). The zero-order valence-electron chi connectivity index (χ0n) is 18.7. The van der Waals surface area contributed by atoms with Crippen LogP contribution in [0.3, 0.4) is 0 Å². The van der Waals surface area contributed by atoms with Crippen LogP contribution < -0.4 is 10.1 Å². The summed E-state index contributed by atoms with van der Waals surface area (Å²) in [6.07, 6.45) is 3.56. The Kier molecular flexibility index (Phi) is 5.49. The maximum Gasteiger partial charge on any atom is 0.270 e. The quantitative estimate of drug-likeness (QED) is 0.298. The number of halogens is 2. The van der Waals surface area contributed by atoms with Gasteiger partial charge in [0.15, 0.2) is 0 Å².